The second-order valence-corrected chi connectivity index (χ2v) is 10.5. The normalized spacial score (nSPS) is 15.9. The van der Waals surface area contributed by atoms with E-state index in [0.29, 0.717) is 11.2 Å². The van der Waals surface area contributed by atoms with Crippen LogP contribution in [0.3, 0.4) is 0 Å². The summed E-state index contributed by atoms with van der Waals surface area (Å²) in [6, 6.07) is 29.8. The number of fused-ring (bicyclic) bond motifs is 3. The van der Waals surface area contributed by atoms with E-state index < -0.39 is 0 Å². The Morgan fingerprint density at radius 2 is 1.41 bits per heavy atom. The van der Waals surface area contributed by atoms with Crippen LogP contribution in [0.1, 0.15) is 48.8 Å². The number of rotatable bonds is 8. The summed E-state index contributed by atoms with van der Waals surface area (Å²) in [6.07, 6.45) is 1.76. The summed E-state index contributed by atoms with van der Waals surface area (Å²) in [5, 5.41) is 9.48. The molecule has 1 aliphatic rings. The molecule has 7 nitrogen and oxygen atoms in total. The number of piperazine rings is 1. The largest absolute Gasteiger partial charge is 0.301 e. The van der Waals surface area contributed by atoms with Gasteiger partial charge in [-0.2, -0.15) is 0 Å². The molecule has 0 N–H and O–H groups in total. The molecule has 0 saturated carbocycles. The summed E-state index contributed by atoms with van der Waals surface area (Å²) in [4.78, 5) is 18.8. The standard InChI is InChI=1S/C32H36N6O/c1-3-27(38-31(39)28-16-10-11-17-29(28)37-24(2)33-34-32(37)38)18-19-35-20-22-36(23-21-35)30(25-12-6-4-7-13-25)26-14-8-5-9-15-26/h4-17,27,30H,3,18-23H2,1-2H3. The summed E-state index contributed by atoms with van der Waals surface area (Å²) >= 11 is 0. The van der Waals surface area contributed by atoms with Gasteiger partial charge < -0.3 is 4.90 Å². The van der Waals surface area contributed by atoms with E-state index in [1.54, 1.807) is 0 Å². The smallest absolute Gasteiger partial charge is 0.263 e. The third kappa shape index (κ3) is 4.88. The number of aryl methyl sites for hydroxylation is 1. The Kier molecular flexibility index (Phi) is 7.26. The maximum Gasteiger partial charge on any atom is 0.263 e. The first kappa shape index (κ1) is 25.5. The average Bonchev–Trinajstić information content (AvgIpc) is 3.38. The Hall–Kier alpha value is -3.81. The van der Waals surface area contributed by atoms with Crippen LogP contribution in [0.15, 0.2) is 89.7 Å². The third-order valence-electron chi connectivity index (χ3n) is 8.24. The Morgan fingerprint density at radius 1 is 0.795 bits per heavy atom. The fourth-order valence-corrected chi connectivity index (χ4v) is 6.17. The van der Waals surface area contributed by atoms with Crippen molar-refractivity contribution >= 4 is 16.7 Å². The molecule has 5 aromatic rings. The van der Waals surface area contributed by atoms with E-state index in [4.69, 9.17) is 0 Å². The molecule has 1 unspecified atom stereocenters. The molecule has 3 heterocycles. The van der Waals surface area contributed by atoms with Gasteiger partial charge in [-0.3, -0.25) is 18.7 Å². The van der Waals surface area contributed by atoms with Crippen molar-refractivity contribution in [2.24, 2.45) is 0 Å². The summed E-state index contributed by atoms with van der Waals surface area (Å²) in [5.74, 6) is 1.44. The molecule has 2 aromatic heterocycles. The van der Waals surface area contributed by atoms with E-state index in [1.165, 1.54) is 11.1 Å². The van der Waals surface area contributed by atoms with E-state index in [2.05, 4.69) is 87.6 Å². The molecule has 6 rings (SSSR count). The Labute approximate surface area is 229 Å². The van der Waals surface area contributed by atoms with Gasteiger partial charge in [-0.1, -0.05) is 79.7 Å². The molecule has 1 atom stereocenters. The SMILES string of the molecule is CCC(CCN1CCN(C(c2ccccc2)c2ccccc2)CC1)n1c(=O)c2ccccc2n2c(C)nnc12. The zero-order valence-electron chi connectivity index (χ0n) is 22.8. The van der Waals surface area contributed by atoms with E-state index in [0.717, 1.165) is 56.9 Å². The quantitative estimate of drug-likeness (QED) is 0.285. The molecule has 1 saturated heterocycles. The van der Waals surface area contributed by atoms with Gasteiger partial charge in [0.2, 0.25) is 5.78 Å². The predicted molar refractivity (Wildman–Crippen MR) is 156 cm³/mol. The second-order valence-electron chi connectivity index (χ2n) is 10.5. The molecule has 7 heteroatoms. The Bertz CT molecular complexity index is 1560. The minimum Gasteiger partial charge on any atom is -0.301 e. The number of hydrogen-bond donors (Lipinski definition) is 0. The molecular formula is C32H36N6O. The first-order chi connectivity index (χ1) is 19.2. The maximum atomic E-state index is 13.7. The van der Waals surface area contributed by atoms with E-state index >= 15 is 0 Å². The second kappa shape index (κ2) is 11.1. The lowest BCUT2D eigenvalue weighted by atomic mass is 9.96. The molecule has 39 heavy (non-hydrogen) atoms. The van der Waals surface area contributed by atoms with Crippen molar-refractivity contribution in [2.45, 2.75) is 38.8 Å². The van der Waals surface area contributed by atoms with Gasteiger partial charge in [-0.05, 0) is 43.0 Å². The van der Waals surface area contributed by atoms with Crippen LogP contribution in [0.5, 0.6) is 0 Å². The molecular weight excluding hydrogens is 484 g/mol. The first-order valence-corrected chi connectivity index (χ1v) is 14.1. The van der Waals surface area contributed by atoms with Crippen LogP contribution in [0, 0.1) is 6.92 Å². The predicted octanol–water partition coefficient (Wildman–Crippen LogP) is 5.10. The minimum absolute atomic E-state index is 0.0238. The van der Waals surface area contributed by atoms with Crippen LogP contribution in [0.2, 0.25) is 0 Å². The van der Waals surface area contributed by atoms with Crippen molar-refractivity contribution in [1.29, 1.82) is 0 Å². The van der Waals surface area contributed by atoms with Crippen LogP contribution in [0.4, 0.5) is 0 Å². The van der Waals surface area contributed by atoms with Crippen molar-refractivity contribution in [3.8, 4) is 0 Å². The molecule has 0 radical (unpaired) electrons. The van der Waals surface area contributed by atoms with Crippen LogP contribution < -0.4 is 5.56 Å². The van der Waals surface area contributed by atoms with Gasteiger partial charge in [0.1, 0.15) is 5.82 Å². The lowest BCUT2D eigenvalue weighted by Crippen LogP contribution is -2.48. The highest BCUT2D eigenvalue weighted by atomic mass is 16.1. The van der Waals surface area contributed by atoms with E-state index in [9.17, 15) is 4.79 Å². The maximum absolute atomic E-state index is 13.7. The molecule has 0 bridgehead atoms. The molecule has 1 aliphatic heterocycles. The van der Waals surface area contributed by atoms with Gasteiger partial charge in [0, 0.05) is 38.8 Å². The van der Waals surface area contributed by atoms with Crippen LogP contribution in [-0.4, -0.2) is 61.7 Å². The number of nitrogens with zero attached hydrogens (tertiary/aromatic N) is 6. The van der Waals surface area contributed by atoms with Crippen LogP contribution >= 0.6 is 0 Å². The topological polar surface area (TPSA) is 58.7 Å². The van der Waals surface area contributed by atoms with Crippen molar-refractivity contribution in [3.63, 3.8) is 0 Å². The molecule has 200 valence electrons. The first-order valence-electron chi connectivity index (χ1n) is 14.1. The molecule has 0 aliphatic carbocycles. The van der Waals surface area contributed by atoms with E-state index in [-0.39, 0.29) is 17.6 Å². The van der Waals surface area contributed by atoms with Gasteiger partial charge in [0.15, 0.2) is 0 Å². The van der Waals surface area contributed by atoms with Crippen molar-refractivity contribution in [3.05, 3.63) is 112 Å². The van der Waals surface area contributed by atoms with Crippen LogP contribution in [-0.2, 0) is 0 Å². The summed E-state index contributed by atoms with van der Waals surface area (Å²) < 4.78 is 3.91. The fraction of sp³-hybridized carbons (Fsp3) is 0.344. The molecule has 0 spiro atoms. The molecule has 3 aromatic carbocycles. The Morgan fingerprint density at radius 3 is 2.05 bits per heavy atom. The van der Waals surface area contributed by atoms with E-state index in [1.807, 2.05) is 40.2 Å². The summed E-state index contributed by atoms with van der Waals surface area (Å²) in [5.41, 5.74) is 3.57. The Balaban J connectivity index is 1.19. The number of aromatic nitrogens is 4. The monoisotopic (exact) mass is 520 g/mol. The molecule has 1 fully saturated rings. The lowest BCUT2D eigenvalue weighted by molar-refractivity contribution is 0.105. The highest BCUT2D eigenvalue weighted by Gasteiger charge is 2.27. The van der Waals surface area contributed by atoms with Crippen LogP contribution in [0.25, 0.3) is 16.7 Å². The number of benzene rings is 3. The zero-order chi connectivity index (χ0) is 26.8. The number of para-hydroxylation sites is 1. The summed E-state index contributed by atoms with van der Waals surface area (Å²) in [7, 11) is 0. The summed E-state index contributed by atoms with van der Waals surface area (Å²) in [6.45, 7) is 9.10. The van der Waals surface area contributed by atoms with Gasteiger partial charge in [-0.25, -0.2) is 0 Å². The lowest BCUT2D eigenvalue weighted by Gasteiger charge is -2.40. The van der Waals surface area contributed by atoms with Gasteiger partial charge in [-0.15, -0.1) is 10.2 Å². The molecule has 0 amide bonds. The van der Waals surface area contributed by atoms with Gasteiger partial charge >= 0.3 is 0 Å². The average molecular weight is 521 g/mol. The van der Waals surface area contributed by atoms with Crippen molar-refractivity contribution < 1.29 is 0 Å². The van der Waals surface area contributed by atoms with Crippen molar-refractivity contribution in [1.82, 2.24) is 29.0 Å². The van der Waals surface area contributed by atoms with Gasteiger partial charge in [0.05, 0.1) is 16.9 Å². The van der Waals surface area contributed by atoms with Gasteiger partial charge in [0.25, 0.3) is 5.56 Å². The fourth-order valence-electron chi connectivity index (χ4n) is 6.17. The number of hydrogen-bond acceptors (Lipinski definition) is 5. The minimum atomic E-state index is 0.0238. The third-order valence-corrected chi connectivity index (χ3v) is 8.24. The van der Waals surface area contributed by atoms with Crippen molar-refractivity contribution in [2.75, 3.05) is 32.7 Å². The zero-order valence-corrected chi connectivity index (χ0v) is 22.8. The highest BCUT2D eigenvalue weighted by molar-refractivity contribution is 5.80. The highest BCUT2D eigenvalue weighted by Crippen LogP contribution is 2.30.